The number of carbonyl (C=O) groups excluding carboxylic acids is 1. The van der Waals surface area contributed by atoms with E-state index in [0.717, 1.165) is 26.1 Å². The van der Waals surface area contributed by atoms with Gasteiger partial charge in [0.05, 0.1) is 12.1 Å². The van der Waals surface area contributed by atoms with Crippen LogP contribution in [0.5, 0.6) is 0 Å². The molecule has 23 heavy (non-hydrogen) atoms. The predicted molar refractivity (Wildman–Crippen MR) is 92.4 cm³/mol. The van der Waals surface area contributed by atoms with Crippen molar-refractivity contribution >= 4 is 5.91 Å². The second-order valence-electron chi connectivity index (χ2n) is 7.81. The van der Waals surface area contributed by atoms with Crippen LogP contribution in [-0.4, -0.2) is 48.7 Å². The molecule has 1 aliphatic heterocycles. The van der Waals surface area contributed by atoms with E-state index in [0.29, 0.717) is 12.1 Å². The largest absolute Gasteiger partial charge is 0.378 e. The summed E-state index contributed by atoms with van der Waals surface area (Å²) < 4.78 is 5.96. The maximum Gasteiger partial charge on any atom is 0.237 e. The summed E-state index contributed by atoms with van der Waals surface area (Å²) in [6.07, 6.45) is 11.5. The maximum atomic E-state index is 12.8. The van der Waals surface area contributed by atoms with Gasteiger partial charge in [0.15, 0.2) is 0 Å². The number of nitrogens with zero attached hydrogens (tertiary/aromatic N) is 1. The molecule has 2 saturated carbocycles. The first kappa shape index (κ1) is 17.2. The van der Waals surface area contributed by atoms with E-state index in [4.69, 9.17) is 4.74 Å². The lowest BCUT2D eigenvalue weighted by molar-refractivity contribution is -0.147. The molecule has 3 rings (SSSR count). The highest BCUT2D eigenvalue weighted by Crippen LogP contribution is 2.54. The quantitative estimate of drug-likeness (QED) is 0.845. The van der Waals surface area contributed by atoms with Crippen LogP contribution in [0.3, 0.4) is 0 Å². The van der Waals surface area contributed by atoms with Crippen molar-refractivity contribution in [2.24, 2.45) is 5.41 Å². The van der Waals surface area contributed by atoms with Crippen LogP contribution in [0.2, 0.25) is 0 Å². The van der Waals surface area contributed by atoms with E-state index in [2.05, 4.69) is 24.1 Å². The SMILES string of the molecule is CCO[C@@H]1C[C@@H](NC(=O)[C@H](C)N2CCCCCC2)C12CCCC2. The average Bonchev–Trinajstić information content (AvgIpc) is 2.93. The van der Waals surface area contributed by atoms with Crippen LogP contribution < -0.4 is 5.32 Å². The molecule has 1 spiro atoms. The Kier molecular flexibility index (Phi) is 5.63. The Bertz CT molecular complexity index is 398. The molecule has 0 unspecified atom stereocenters. The van der Waals surface area contributed by atoms with Crippen molar-refractivity contribution in [3.05, 3.63) is 0 Å². The van der Waals surface area contributed by atoms with Gasteiger partial charge in [-0.2, -0.15) is 0 Å². The monoisotopic (exact) mass is 322 g/mol. The predicted octanol–water partition coefficient (Wildman–Crippen LogP) is 3.10. The Balaban J connectivity index is 1.56. The molecule has 0 aromatic carbocycles. The van der Waals surface area contributed by atoms with Gasteiger partial charge < -0.3 is 10.1 Å². The summed E-state index contributed by atoms with van der Waals surface area (Å²) in [4.78, 5) is 15.1. The van der Waals surface area contributed by atoms with Gasteiger partial charge in [-0.1, -0.05) is 25.7 Å². The number of hydrogen-bond donors (Lipinski definition) is 1. The van der Waals surface area contributed by atoms with Crippen molar-refractivity contribution in [3.63, 3.8) is 0 Å². The zero-order valence-electron chi connectivity index (χ0n) is 15.0. The highest BCUT2D eigenvalue weighted by molar-refractivity contribution is 5.81. The van der Waals surface area contributed by atoms with Crippen LogP contribution in [0.25, 0.3) is 0 Å². The van der Waals surface area contributed by atoms with Crippen molar-refractivity contribution < 1.29 is 9.53 Å². The molecule has 0 aromatic heterocycles. The summed E-state index contributed by atoms with van der Waals surface area (Å²) in [5.41, 5.74) is 0.240. The third kappa shape index (κ3) is 3.43. The number of rotatable bonds is 5. The minimum atomic E-state index is 0.0118. The molecule has 1 amide bonds. The lowest BCUT2D eigenvalue weighted by atomic mass is 9.60. The summed E-state index contributed by atoms with van der Waals surface area (Å²) in [7, 11) is 0. The van der Waals surface area contributed by atoms with Gasteiger partial charge in [-0.3, -0.25) is 9.69 Å². The van der Waals surface area contributed by atoms with Gasteiger partial charge in [-0.05, 0) is 59.0 Å². The Hall–Kier alpha value is -0.610. The van der Waals surface area contributed by atoms with Crippen LogP contribution in [0.1, 0.15) is 71.6 Å². The summed E-state index contributed by atoms with van der Waals surface area (Å²) >= 11 is 0. The minimum absolute atomic E-state index is 0.0118. The number of hydrogen-bond acceptors (Lipinski definition) is 3. The standard InChI is InChI=1S/C19H34N2O2/c1-3-23-17-14-16(19(17)10-6-7-11-19)20-18(22)15(2)21-12-8-4-5-9-13-21/h15-17H,3-14H2,1-2H3,(H,20,22)/t15-,16+,17+/m0/s1. The lowest BCUT2D eigenvalue weighted by Crippen LogP contribution is -2.65. The third-order valence-electron chi connectivity index (χ3n) is 6.57. The molecule has 3 fully saturated rings. The summed E-state index contributed by atoms with van der Waals surface area (Å²) in [5.74, 6) is 0.234. The summed E-state index contributed by atoms with van der Waals surface area (Å²) in [6.45, 7) is 7.10. The van der Waals surface area contributed by atoms with Gasteiger partial charge in [-0.25, -0.2) is 0 Å². The Morgan fingerprint density at radius 2 is 1.83 bits per heavy atom. The van der Waals surface area contributed by atoms with Crippen LogP contribution in [-0.2, 0) is 9.53 Å². The third-order valence-corrected chi connectivity index (χ3v) is 6.57. The van der Waals surface area contributed by atoms with E-state index < -0.39 is 0 Å². The average molecular weight is 322 g/mol. The van der Waals surface area contributed by atoms with Gasteiger partial charge in [0, 0.05) is 18.1 Å². The minimum Gasteiger partial charge on any atom is -0.378 e. The molecule has 1 heterocycles. The van der Waals surface area contributed by atoms with E-state index in [1.54, 1.807) is 0 Å². The lowest BCUT2D eigenvalue weighted by Gasteiger charge is -2.54. The first-order valence-corrected chi connectivity index (χ1v) is 9.83. The number of amides is 1. The van der Waals surface area contributed by atoms with Gasteiger partial charge >= 0.3 is 0 Å². The van der Waals surface area contributed by atoms with Crippen LogP contribution >= 0.6 is 0 Å². The number of ether oxygens (including phenoxy) is 1. The molecule has 2 aliphatic carbocycles. The highest BCUT2D eigenvalue weighted by Gasteiger charge is 2.57. The van der Waals surface area contributed by atoms with Gasteiger partial charge in [0.1, 0.15) is 0 Å². The van der Waals surface area contributed by atoms with E-state index in [1.165, 1.54) is 51.4 Å². The molecule has 132 valence electrons. The van der Waals surface area contributed by atoms with Crippen LogP contribution in [0.4, 0.5) is 0 Å². The topological polar surface area (TPSA) is 41.6 Å². The van der Waals surface area contributed by atoms with E-state index in [1.807, 2.05) is 0 Å². The second kappa shape index (κ2) is 7.52. The van der Waals surface area contributed by atoms with Gasteiger partial charge in [0.25, 0.3) is 0 Å². The molecule has 4 heteroatoms. The van der Waals surface area contributed by atoms with Crippen LogP contribution in [0.15, 0.2) is 0 Å². The van der Waals surface area contributed by atoms with E-state index in [9.17, 15) is 4.79 Å². The summed E-state index contributed by atoms with van der Waals surface area (Å²) in [5, 5.41) is 3.39. The van der Waals surface area contributed by atoms with Crippen LogP contribution in [0, 0.1) is 5.41 Å². The molecular formula is C19H34N2O2. The molecule has 1 N–H and O–H groups in total. The number of carbonyl (C=O) groups is 1. The zero-order chi connectivity index (χ0) is 16.3. The van der Waals surface area contributed by atoms with Crippen molar-refractivity contribution in [1.82, 2.24) is 10.2 Å². The molecule has 3 aliphatic rings. The second-order valence-corrected chi connectivity index (χ2v) is 7.81. The number of likely N-dealkylation sites (tertiary alicyclic amines) is 1. The van der Waals surface area contributed by atoms with E-state index >= 15 is 0 Å². The van der Waals surface area contributed by atoms with Crippen molar-refractivity contribution in [1.29, 1.82) is 0 Å². The normalized spacial score (nSPS) is 32.3. The smallest absolute Gasteiger partial charge is 0.237 e. The molecule has 4 nitrogen and oxygen atoms in total. The van der Waals surface area contributed by atoms with Crippen molar-refractivity contribution in [2.45, 2.75) is 89.8 Å². The molecule has 0 aromatic rings. The molecule has 0 radical (unpaired) electrons. The van der Waals surface area contributed by atoms with E-state index in [-0.39, 0.29) is 17.4 Å². The molecule has 1 saturated heterocycles. The molecular weight excluding hydrogens is 288 g/mol. The fourth-order valence-electron chi connectivity index (χ4n) is 5.03. The molecule has 0 bridgehead atoms. The summed E-state index contributed by atoms with van der Waals surface area (Å²) in [6, 6.07) is 0.348. The first-order chi connectivity index (χ1) is 11.2. The maximum absolute atomic E-state index is 12.8. The fraction of sp³-hybridized carbons (Fsp3) is 0.947. The highest BCUT2D eigenvalue weighted by atomic mass is 16.5. The Morgan fingerprint density at radius 1 is 1.17 bits per heavy atom. The van der Waals surface area contributed by atoms with Crippen molar-refractivity contribution in [2.75, 3.05) is 19.7 Å². The van der Waals surface area contributed by atoms with Crippen molar-refractivity contribution in [3.8, 4) is 0 Å². The fourth-order valence-corrected chi connectivity index (χ4v) is 5.03. The molecule has 3 atom stereocenters. The zero-order valence-corrected chi connectivity index (χ0v) is 15.0. The van der Waals surface area contributed by atoms with Gasteiger partial charge in [0.2, 0.25) is 5.91 Å². The Labute approximate surface area is 141 Å². The Morgan fingerprint density at radius 3 is 2.43 bits per heavy atom. The van der Waals surface area contributed by atoms with Gasteiger partial charge in [-0.15, -0.1) is 0 Å². The number of nitrogens with one attached hydrogen (secondary N) is 1. The first-order valence-electron chi connectivity index (χ1n) is 9.83.